The first-order valence-electron chi connectivity index (χ1n) is 16.1. The third-order valence-electron chi connectivity index (χ3n) is 8.93. The molecule has 2 aliphatic heterocycles. The Morgan fingerprint density at radius 2 is 1.04 bits per heavy atom. The number of benzene rings is 2. The van der Waals surface area contributed by atoms with Crippen molar-refractivity contribution in [1.29, 1.82) is 10.5 Å². The number of nitriles is 2. The lowest BCUT2D eigenvalue weighted by Gasteiger charge is -2.15. The van der Waals surface area contributed by atoms with Crippen LogP contribution in [0.25, 0.3) is 33.4 Å². The summed E-state index contributed by atoms with van der Waals surface area (Å²) in [5.41, 5.74) is 5.37. The Labute approximate surface area is 286 Å². The highest BCUT2D eigenvalue weighted by molar-refractivity contribution is 5.98. The summed E-state index contributed by atoms with van der Waals surface area (Å²) >= 11 is 0. The molecule has 0 N–H and O–H groups in total. The van der Waals surface area contributed by atoms with Gasteiger partial charge < -0.3 is 18.9 Å². The van der Waals surface area contributed by atoms with Gasteiger partial charge in [-0.1, -0.05) is 0 Å². The second-order valence-corrected chi connectivity index (χ2v) is 12.2. The Morgan fingerprint density at radius 1 is 0.640 bits per heavy atom. The van der Waals surface area contributed by atoms with Crippen LogP contribution in [0.15, 0.2) is 97.6 Å². The summed E-state index contributed by atoms with van der Waals surface area (Å²) in [5, 5.41) is 19.5. The number of pyridine rings is 2. The molecular formula is C38H30F2N8O2. The van der Waals surface area contributed by atoms with Gasteiger partial charge in [-0.3, -0.25) is 9.59 Å². The molecule has 2 fully saturated rings. The SMILES string of the molecule is N#Cc1ccc(-n2ccc3cc(C(=O)N4CC[C@@H](F)C4)cnc32)cc1.N#Cc1ccc(-n2ccc3cc(C(=O)N4CC[C@H](F)C4)cnc32)cc1. The molecule has 6 aromatic rings. The predicted octanol–water partition coefficient (Wildman–Crippen LogP) is 6.16. The summed E-state index contributed by atoms with van der Waals surface area (Å²) in [6.45, 7) is 1.21. The normalized spacial score (nSPS) is 17.0. The number of aromatic nitrogens is 4. The monoisotopic (exact) mass is 668 g/mol. The fourth-order valence-corrected chi connectivity index (χ4v) is 6.26. The van der Waals surface area contributed by atoms with Gasteiger partial charge in [0, 0.05) is 60.0 Å². The molecule has 12 heteroatoms. The molecule has 2 saturated heterocycles. The zero-order valence-electron chi connectivity index (χ0n) is 26.8. The van der Waals surface area contributed by atoms with Gasteiger partial charge in [-0.25, -0.2) is 18.7 Å². The minimum absolute atomic E-state index is 0.156. The maximum atomic E-state index is 13.3. The van der Waals surface area contributed by atoms with Gasteiger partial charge in [-0.15, -0.1) is 0 Å². The molecule has 2 amide bonds. The van der Waals surface area contributed by atoms with Crippen molar-refractivity contribution in [3.05, 3.63) is 120 Å². The molecule has 248 valence electrons. The van der Waals surface area contributed by atoms with Gasteiger partial charge in [0.25, 0.3) is 11.8 Å². The van der Waals surface area contributed by atoms with Crippen LogP contribution in [0.5, 0.6) is 0 Å². The largest absolute Gasteiger partial charge is 0.336 e. The van der Waals surface area contributed by atoms with Gasteiger partial charge in [0.15, 0.2) is 0 Å². The van der Waals surface area contributed by atoms with E-state index < -0.39 is 12.3 Å². The van der Waals surface area contributed by atoms with Gasteiger partial charge >= 0.3 is 0 Å². The molecule has 2 aliphatic rings. The average Bonchev–Trinajstić information content (AvgIpc) is 3.98. The molecule has 2 atom stereocenters. The Morgan fingerprint density at radius 3 is 1.38 bits per heavy atom. The third kappa shape index (κ3) is 6.39. The molecule has 0 radical (unpaired) electrons. The van der Waals surface area contributed by atoms with Crippen molar-refractivity contribution in [1.82, 2.24) is 28.9 Å². The molecule has 0 bridgehead atoms. The number of carbonyl (C=O) groups excluding carboxylic acids is 2. The fourth-order valence-electron chi connectivity index (χ4n) is 6.26. The highest BCUT2D eigenvalue weighted by Crippen LogP contribution is 2.24. The van der Waals surface area contributed by atoms with Gasteiger partial charge in [-0.05, 0) is 85.6 Å². The molecule has 0 saturated carbocycles. The lowest BCUT2D eigenvalue weighted by atomic mass is 10.2. The van der Waals surface area contributed by atoms with E-state index >= 15 is 0 Å². The molecule has 6 heterocycles. The van der Waals surface area contributed by atoms with E-state index in [4.69, 9.17) is 10.5 Å². The second-order valence-electron chi connectivity index (χ2n) is 12.2. The standard InChI is InChI=1S/2C19H15FN4O/c2*20-16-6-7-23(12-16)19(25)15-9-14-5-8-24(18(14)22-11-15)17-3-1-13(10-21)2-4-17/h2*1-5,8-9,11,16H,6-7,12H2/t2*16-/m10/s1. The summed E-state index contributed by atoms with van der Waals surface area (Å²) in [6, 6.07) is 25.9. The fraction of sp³-hybridized carbons (Fsp3) is 0.211. The summed E-state index contributed by atoms with van der Waals surface area (Å²) in [4.78, 5) is 36.9. The van der Waals surface area contributed by atoms with E-state index in [-0.39, 0.29) is 24.9 Å². The highest BCUT2D eigenvalue weighted by atomic mass is 19.1. The van der Waals surface area contributed by atoms with Crippen LogP contribution < -0.4 is 0 Å². The van der Waals surface area contributed by atoms with Crippen molar-refractivity contribution >= 4 is 33.9 Å². The summed E-state index contributed by atoms with van der Waals surface area (Å²) in [7, 11) is 0. The number of fused-ring (bicyclic) bond motifs is 2. The van der Waals surface area contributed by atoms with Crippen molar-refractivity contribution in [3.63, 3.8) is 0 Å². The number of hydrogen-bond donors (Lipinski definition) is 0. The zero-order chi connectivity index (χ0) is 34.8. The Hall–Kier alpha value is -6.40. The third-order valence-corrected chi connectivity index (χ3v) is 8.93. The van der Waals surface area contributed by atoms with Crippen LogP contribution in [0.4, 0.5) is 8.78 Å². The van der Waals surface area contributed by atoms with Gasteiger partial charge in [0.05, 0.1) is 47.5 Å². The van der Waals surface area contributed by atoms with E-state index in [0.717, 1.165) is 33.4 Å². The first-order chi connectivity index (χ1) is 24.3. The van der Waals surface area contributed by atoms with Gasteiger partial charge in [0.1, 0.15) is 23.6 Å². The van der Waals surface area contributed by atoms with Crippen molar-refractivity contribution in [2.45, 2.75) is 25.2 Å². The van der Waals surface area contributed by atoms with Crippen LogP contribution in [-0.4, -0.2) is 79.2 Å². The number of amides is 2. The molecule has 50 heavy (non-hydrogen) atoms. The van der Waals surface area contributed by atoms with Crippen LogP contribution in [0.2, 0.25) is 0 Å². The van der Waals surface area contributed by atoms with Crippen molar-refractivity contribution < 1.29 is 18.4 Å². The lowest BCUT2D eigenvalue weighted by molar-refractivity contribution is 0.0775. The van der Waals surface area contributed by atoms with Crippen LogP contribution in [-0.2, 0) is 0 Å². The number of hydrogen-bond acceptors (Lipinski definition) is 6. The summed E-state index contributed by atoms with van der Waals surface area (Å²) in [5.74, 6) is -0.360. The Bertz CT molecular complexity index is 2140. The predicted molar refractivity (Wildman–Crippen MR) is 182 cm³/mol. The maximum absolute atomic E-state index is 13.3. The van der Waals surface area contributed by atoms with E-state index in [2.05, 4.69) is 22.1 Å². The van der Waals surface area contributed by atoms with Crippen molar-refractivity contribution in [2.24, 2.45) is 0 Å². The van der Waals surface area contributed by atoms with Crippen molar-refractivity contribution in [2.75, 3.05) is 26.2 Å². The smallest absolute Gasteiger partial charge is 0.255 e. The minimum atomic E-state index is -0.932. The second kappa shape index (κ2) is 13.6. The van der Waals surface area contributed by atoms with Crippen LogP contribution in [0.1, 0.15) is 44.7 Å². The molecule has 10 nitrogen and oxygen atoms in total. The minimum Gasteiger partial charge on any atom is -0.336 e. The molecule has 0 spiro atoms. The van der Waals surface area contributed by atoms with Gasteiger partial charge in [-0.2, -0.15) is 10.5 Å². The van der Waals surface area contributed by atoms with Crippen LogP contribution in [0.3, 0.4) is 0 Å². The summed E-state index contributed by atoms with van der Waals surface area (Å²) in [6.07, 6.45) is 5.76. The zero-order valence-corrected chi connectivity index (χ0v) is 26.8. The molecule has 4 aromatic heterocycles. The van der Waals surface area contributed by atoms with Gasteiger partial charge in [0.2, 0.25) is 0 Å². The lowest BCUT2D eigenvalue weighted by Crippen LogP contribution is -2.29. The number of likely N-dealkylation sites (tertiary alicyclic amines) is 2. The van der Waals surface area contributed by atoms with E-state index in [1.807, 2.05) is 57.9 Å². The van der Waals surface area contributed by atoms with Crippen molar-refractivity contribution in [3.8, 4) is 23.5 Å². The van der Waals surface area contributed by atoms with E-state index in [0.29, 0.717) is 48.2 Å². The molecule has 0 aliphatic carbocycles. The number of alkyl halides is 2. The number of carbonyl (C=O) groups is 2. The Balaban J connectivity index is 0.000000157. The molecule has 2 aromatic carbocycles. The maximum Gasteiger partial charge on any atom is 0.255 e. The quantitative estimate of drug-likeness (QED) is 0.222. The van der Waals surface area contributed by atoms with E-state index in [1.165, 1.54) is 22.2 Å². The molecule has 8 rings (SSSR count). The summed E-state index contributed by atoms with van der Waals surface area (Å²) < 4.78 is 30.4. The van der Waals surface area contributed by atoms with Crippen LogP contribution in [0, 0.1) is 22.7 Å². The highest BCUT2D eigenvalue weighted by Gasteiger charge is 2.28. The number of halogens is 2. The molecular weight excluding hydrogens is 638 g/mol. The number of nitrogens with zero attached hydrogens (tertiary/aromatic N) is 8. The average molecular weight is 669 g/mol. The van der Waals surface area contributed by atoms with Crippen LogP contribution >= 0.6 is 0 Å². The first-order valence-corrected chi connectivity index (χ1v) is 16.1. The van der Waals surface area contributed by atoms with E-state index in [1.54, 1.807) is 36.4 Å². The first kappa shape index (κ1) is 32.2. The number of rotatable bonds is 4. The van der Waals surface area contributed by atoms with E-state index in [9.17, 15) is 18.4 Å². The Kier molecular flexibility index (Phi) is 8.75. The topological polar surface area (TPSA) is 124 Å². The molecule has 0 unspecified atom stereocenters.